The molecule has 0 unspecified atom stereocenters. The van der Waals surface area contributed by atoms with Crippen LogP contribution in [0.4, 0.5) is 5.69 Å². The Morgan fingerprint density at radius 1 is 1.20 bits per heavy atom. The van der Waals surface area contributed by atoms with Crippen molar-refractivity contribution in [2.24, 2.45) is 0 Å². The summed E-state index contributed by atoms with van der Waals surface area (Å²) in [6.07, 6.45) is 2.96. The number of aryl methyl sites for hydroxylation is 1. The van der Waals surface area contributed by atoms with Crippen molar-refractivity contribution in [3.8, 4) is 17.2 Å². The van der Waals surface area contributed by atoms with E-state index >= 15 is 0 Å². The summed E-state index contributed by atoms with van der Waals surface area (Å²) < 4.78 is 0. The number of fused-ring (bicyclic) bond motifs is 1. The van der Waals surface area contributed by atoms with Crippen LogP contribution >= 0.6 is 11.6 Å². The van der Waals surface area contributed by atoms with Crippen LogP contribution in [0, 0.1) is 18.3 Å². The van der Waals surface area contributed by atoms with E-state index in [-0.39, 0.29) is 5.91 Å². The van der Waals surface area contributed by atoms with E-state index in [4.69, 9.17) is 11.6 Å². The summed E-state index contributed by atoms with van der Waals surface area (Å²) in [6.45, 7) is 8.03. The van der Waals surface area contributed by atoms with Crippen LogP contribution in [0.15, 0.2) is 55.3 Å². The SMILES string of the molecule is C=CC(=O)N1CCN(c2c(C#N)cnc3cc(-c4ccccc4C)c(Cl)cc23)CC1. The summed E-state index contributed by atoms with van der Waals surface area (Å²) in [7, 11) is 0. The molecule has 0 atom stereocenters. The van der Waals surface area contributed by atoms with Gasteiger partial charge in [0, 0.05) is 48.3 Å². The molecule has 0 bridgehead atoms. The maximum Gasteiger partial charge on any atom is 0.246 e. The van der Waals surface area contributed by atoms with Gasteiger partial charge >= 0.3 is 0 Å². The molecule has 3 aromatic rings. The first kappa shape index (κ1) is 19.9. The molecule has 0 saturated carbocycles. The van der Waals surface area contributed by atoms with E-state index in [1.165, 1.54) is 6.08 Å². The Morgan fingerprint density at radius 3 is 2.60 bits per heavy atom. The van der Waals surface area contributed by atoms with Gasteiger partial charge in [-0.25, -0.2) is 0 Å². The van der Waals surface area contributed by atoms with Crippen molar-refractivity contribution in [1.82, 2.24) is 9.88 Å². The van der Waals surface area contributed by atoms with E-state index in [9.17, 15) is 10.1 Å². The highest BCUT2D eigenvalue weighted by Gasteiger charge is 2.24. The normalized spacial score (nSPS) is 13.9. The third kappa shape index (κ3) is 3.51. The lowest BCUT2D eigenvalue weighted by Crippen LogP contribution is -2.48. The van der Waals surface area contributed by atoms with Gasteiger partial charge in [0.05, 0.1) is 16.8 Å². The van der Waals surface area contributed by atoms with Gasteiger partial charge in [-0.05, 0) is 36.3 Å². The molecule has 1 saturated heterocycles. The number of amides is 1. The van der Waals surface area contributed by atoms with Gasteiger partial charge in [0.25, 0.3) is 0 Å². The van der Waals surface area contributed by atoms with Crippen LogP contribution in [-0.2, 0) is 4.79 Å². The summed E-state index contributed by atoms with van der Waals surface area (Å²) in [5, 5.41) is 11.2. The molecule has 5 nitrogen and oxygen atoms in total. The van der Waals surface area contributed by atoms with Gasteiger partial charge in [-0.3, -0.25) is 9.78 Å². The lowest BCUT2D eigenvalue weighted by atomic mass is 9.98. The molecular weight excluding hydrogens is 396 g/mol. The minimum Gasteiger partial charge on any atom is -0.366 e. The summed E-state index contributed by atoms with van der Waals surface area (Å²) in [6, 6.07) is 14.2. The molecule has 0 spiro atoms. The van der Waals surface area contributed by atoms with Gasteiger partial charge in [0.1, 0.15) is 6.07 Å². The van der Waals surface area contributed by atoms with E-state index in [1.54, 1.807) is 11.1 Å². The van der Waals surface area contributed by atoms with E-state index in [1.807, 2.05) is 30.3 Å². The second-order valence-electron chi connectivity index (χ2n) is 7.31. The Kier molecular flexibility index (Phi) is 5.43. The van der Waals surface area contributed by atoms with E-state index in [0.717, 1.165) is 33.3 Å². The minimum absolute atomic E-state index is 0.0688. The van der Waals surface area contributed by atoms with Crippen molar-refractivity contribution in [2.45, 2.75) is 6.92 Å². The van der Waals surface area contributed by atoms with Crippen LogP contribution in [0.25, 0.3) is 22.0 Å². The predicted octanol–water partition coefficient (Wildman–Crippen LogP) is 4.57. The lowest BCUT2D eigenvalue weighted by Gasteiger charge is -2.36. The first-order valence-corrected chi connectivity index (χ1v) is 10.2. The van der Waals surface area contributed by atoms with Crippen LogP contribution in [0.3, 0.4) is 0 Å². The number of aromatic nitrogens is 1. The standard InChI is InChI=1S/C24H21ClN4O/c1-3-23(30)28-8-10-29(11-9-28)24-17(14-26)15-27-22-13-19(21(25)12-20(22)24)18-7-5-4-6-16(18)2/h3-7,12-13,15H,1,8-11H2,2H3. The first-order valence-electron chi connectivity index (χ1n) is 9.78. The van der Waals surface area contributed by atoms with Crippen molar-refractivity contribution in [3.63, 3.8) is 0 Å². The zero-order valence-corrected chi connectivity index (χ0v) is 17.5. The molecule has 1 aliphatic heterocycles. The number of halogens is 1. The molecule has 1 amide bonds. The summed E-state index contributed by atoms with van der Waals surface area (Å²) in [5.74, 6) is -0.0688. The molecule has 4 rings (SSSR count). The van der Waals surface area contributed by atoms with E-state index in [2.05, 4.69) is 35.5 Å². The van der Waals surface area contributed by atoms with Crippen LogP contribution in [0.1, 0.15) is 11.1 Å². The summed E-state index contributed by atoms with van der Waals surface area (Å²) >= 11 is 6.71. The Labute approximate surface area is 180 Å². The quantitative estimate of drug-likeness (QED) is 0.587. The fraction of sp³-hybridized carbons (Fsp3) is 0.208. The average molecular weight is 417 g/mol. The number of nitriles is 1. The molecule has 0 aliphatic carbocycles. The van der Waals surface area contributed by atoms with Crippen molar-refractivity contribution in [1.29, 1.82) is 5.26 Å². The third-order valence-corrected chi connectivity index (χ3v) is 5.88. The smallest absolute Gasteiger partial charge is 0.246 e. The molecule has 150 valence electrons. The molecule has 6 heteroatoms. The van der Waals surface area contributed by atoms with Gasteiger partial charge in [-0.15, -0.1) is 0 Å². The van der Waals surface area contributed by atoms with Crippen molar-refractivity contribution >= 4 is 34.1 Å². The molecule has 1 aromatic heterocycles. The third-order valence-electron chi connectivity index (χ3n) is 5.57. The Morgan fingerprint density at radius 2 is 1.93 bits per heavy atom. The Hall–Kier alpha value is -3.36. The van der Waals surface area contributed by atoms with Gasteiger partial charge in [0.15, 0.2) is 0 Å². The highest BCUT2D eigenvalue weighted by Crippen LogP contribution is 2.38. The molecule has 2 heterocycles. The Balaban J connectivity index is 1.79. The Bertz CT molecular complexity index is 1190. The molecule has 0 N–H and O–H groups in total. The summed E-state index contributed by atoms with van der Waals surface area (Å²) in [4.78, 5) is 20.3. The number of pyridine rings is 1. The topological polar surface area (TPSA) is 60.2 Å². The average Bonchev–Trinajstić information content (AvgIpc) is 2.78. The van der Waals surface area contributed by atoms with Crippen LogP contribution < -0.4 is 4.90 Å². The molecule has 1 aliphatic rings. The zero-order valence-electron chi connectivity index (χ0n) is 16.7. The number of hydrogen-bond donors (Lipinski definition) is 0. The van der Waals surface area contributed by atoms with Crippen LogP contribution in [0.2, 0.25) is 5.02 Å². The molecular formula is C24H21ClN4O. The van der Waals surface area contributed by atoms with Crippen molar-refractivity contribution < 1.29 is 4.79 Å². The molecule has 30 heavy (non-hydrogen) atoms. The lowest BCUT2D eigenvalue weighted by molar-refractivity contribution is -0.126. The second kappa shape index (κ2) is 8.17. The van der Waals surface area contributed by atoms with Gasteiger partial charge in [0.2, 0.25) is 5.91 Å². The minimum atomic E-state index is -0.0688. The van der Waals surface area contributed by atoms with Gasteiger partial charge < -0.3 is 9.80 Å². The number of carbonyl (C=O) groups is 1. The maximum absolute atomic E-state index is 11.9. The molecule has 0 radical (unpaired) electrons. The number of benzene rings is 2. The predicted molar refractivity (Wildman–Crippen MR) is 121 cm³/mol. The first-order chi connectivity index (χ1) is 14.5. The van der Waals surface area contributed by atoms with E-state index < -0.39 is 0 Å². The number of piperazine rings is 1. The van der Waals surface area contributed by atoms with Crippen molar-refractivity contribution in [3.05, 3.63) is 71.4 Å². The summed E-state index contributed by atoms with van der Waals surface area (Å²) in [5.41, 5.74) is 5.24. The highest BCUT2D eigenvalue weighted by molar-refractivity contribution is 6.34. The molecule has 1 fully saturated rings. The number of nitrogens with zero attached hydrogens (tertiary/aromatic N) is 4. The molecule has 2 aromatic carbocycles. The second-order valence-corrected chi connectivity index (χ2v) is 7.72. The monoisotopic (exact) mass is 416 g/mol. The largest absolute Gasteiger partial charge is 0.366 e. The van der Waals surface area contributed by atoms with Crippen LogP contribution in [0.5, 0.6) is 0 Å². The number of hydrogen-bond acceptors (Lipinski definition) is 4. The van der Waals surface area contributed by atoms with E-state index in [0.29, 0.717) is 36.8 Å². The van der Waals surface area contributed by atoms with Gasteiger partial charge in [-0.2, -0.15) is 5.26 Å². The number of carbonyl (C=O) groups excluding carboxylic acids is 1. The highest BCUT2D eigenvalue weighted by atomic mass is 35.5. The van der Waals surface area contributed by atoms with Gasteiger partial charge in [-0.1, -0.05) is 42.4 Å². The van der Waals surface area contributed by atoms with Crippen LogP contribution in [-0.4, -0.2) is 42.0 Å². The zero-order chi connectivity index (χ0) is 21.3. The van der Waals surface area contributed by atoms with Crippen molar-refractivity contribution in [2.75, 3.05) is 31.1 Å². The number of rotatable bonds is 3. The number of anilines is 1. The fourth-order valence-electron chi connectivity index (χ4n) is 3.98. The maximum atomic E-state index is 11.9. The fourth-order valence-corrected chi connectivity index (χ4v) is 4.25.